The lowest BCUT2D eigenvalue weighted by Gasteiger charge is -2.01. The first-order valence-corrected chi connectivity index (χ1v) is 6.44. The van der Waals surface area contributed by atoms with Gasteiger partial charge in [-0.1, -0.05) is 0 Å². The van der Waals surface area contributed by atoms with E-state index in [9.17, 15) is 4.79 Å². The molecule has 0 radical (unpaired) electrons. The highest BCUT2D eigenvalue weighted by atomic mass is 32.1. The van der Waals surface area contributed by atoms with Gasteiger partial charge in [-0.2, -0.15) is 0 Å². The number of rotatable bonds is 3. The van der Waals surface area contributed by atoms with E-state index in [1.165, 1.54) is 0 Å². The summed E-state index contributed by atoms with van der Waals surface area (Å²) in [6, 6.07) is 3.85. The smallest absolute Gasteiger partial charge is 0.171 e. The molecule has 18 heavy (non-hydrogen) atoms. The van der Waals surface area contributed by atoms with Gasteiger partial charge in [0.15, 0.2) is 5.78 Å². The van der Waals surface area contributed by atoms with Crippen molar-refractivity contribution in [3.05, 3.63) is 47.5 Å². The molecular weight excluding hydrogens is 246 g/mol. The second-order valence-electron chi connectivity index (χ2n) is 4.08. The Bertz CT molecular complexity index is 714. The number of pyridine rings is 1. The summed E-state index contributed by atoms with van der Waals surface area (Å²) in [5, 5.41) is 1.98. The number of nitrogens with zero attached hydrogens (tertiary/aromatic N) is 3. The molecule has 4 nitrogen and oxygen atoms in total. The molecule has 3 aromatic heterocycles. The van der Waals surface area contributed by atoms with Gasteiger partial charge in [0.05, 0.1) is 16.6 Å². The van der Waals surface area contributed by atoms with Gasteiger partial charge in [0.1, 0.15) is 5.82 Å². The number of aryl methyl sites for hydroxylation is 1. The number of imidazole rings is 1. The SMILES string of the molecule is Cn1ccnc1CC(=O)c1cnc2ccsc2c1. The highest BCUT2D eigenvalue weighted by molar-refractivity contribution is 7.17. The standard InChI is InChI=1S/C13H11N3OS/c1-16-4-3-14-13(16)7-11(17)9-6-12-10(15-8-9)2-5-18-12/h2-6,8H,7H2,1H3. The third kappa shape index (κ3) is 1.93. The number of aromatic nitrogens is 3. The zero-order valence-corrected chi connectivity index (χ0v) is 10.6. The second-order valence-corrected chi connectivity index (χ2v) is 5.03. The van der Waals surface area contributed by atoms with Crippen molar-refractivity contribution in [3.63, 3.8) is 0 Å². The van der Waals surface area contributed by atoms with Crippen molar-refractivity contribution in [2.75, 3.05) is 0 Å². The summed E-state index contributed by atoms with van der Waals surface area (Å²) in [6.45, 7) is 0. The predicted molar refractivity (Wildman–Crippen MR) is 70.9 cm³/mol. The van der Waals surface area contributed by atoms with Gasteiger partial charge in [0, 0.05) is 31.2 Å². The number of thiophene rings is 1. The fraction of sp³-hybridized carbons (Fsp3) is 0.154. The van der Waals surface area contributed by atoms with Crippen LogP contribution in [-0.2, 0) is 13.5 Å². The van der Waals surface area contributed by atoms with Crippen LogP contribution in [0.4, 0.5) is 0 Å². The van der Waals surface area contributed by atoms with E-state index in [0.717, 1.165) is 16.0 Å². The van der Waals surface area contributed by atoms with E-state index in [4.69, 9.17) is 0 Å². The van der Waals surface area contributed by atoms with Crippen LogP contribution in [0.3, 0.4) is 0 Å². The zero-order valence-electron chi connectivity index (χ0n) is 9.83. The summed E-state index contributed by atoms with van der Waals surface area (Å²) in [7, 11) is 1.89. The Morgan fingerprint density at radius 1 is 1.44 bits per heavy atom. The van der Waals surface area contributed by atoms with Gasteiger partial charge in [-0.05, 0) is 17.5 Å². The molecule has 3 heterocycles. The van der Waals surface area contributed by atoms with Crippen molar-refractivity contribution >= 4 is 27.3 Å². The van der Waals surface area contributed by atoms with Gasteiger partial charge in [0.25, 0.3) is 0 Å². The van der Waals surface area contributed by atoms with Crippen LogP contribution < -0.4 is 0 Å². The fourth-order valence-corrected chi connectivity index (χ4v) is 2.59. The zero-order chi connectivity index (χ0) is 12.5. The normalized spacial score (nSPS) is 10.9. The molecule has 0 aliphatic heterocycles. The third-order valence-corrected chi connectivity index (χ3v) is 3.72. The van der Waals surface area contributed by atoms with E-state index >= 15 is 0 Å². The van der Waals surface area contributed by atoms with E-state index in [0.29, 0.717) is 12.0 Å². The molecule has 0 unspecified atom stereocenters. The van der Waals surface area contributed by atoms with Crippen molar-refractivity contribution in [1.82, 2.24) is 14.5 Å². The number of ketones is 1. The molecule has 0 aliphatic rings. The molecule has 90 valence electrons. The van der Waals surface area contributed by atoms with Gasteiger partial charge in [0.2, 0.25) is 0 Å². The van der Waals surface area contributed by atoms with Gasteiger partial charge in [-0.3, -0.25) is 9.78 Å². The predicted octanol–water partition coefficient (Wildman–Crippen LogP) is 2.46. The Morgan fingerprint density at radius 3 is 3.11 bits per heavy atom. The molecule has 0 saturated heterocycles. The quantitative estimate of drug-likeness (QED) is 0.677. The summed E-state index contributed by atoms with van der Waals surface area (Å²) in [6.07, 6.45) is 5.48. The van der Waals surface area contributed by atoms with Crippen molar-refractivity contribution in [1.29, 1.82) is 0 Å². The number of Topliss-reactive ketones (excluding diaryl/α,β-unsaturated/α-hetero) is 1. The maximum atomic E-state index is 12.1. The summed E-state index contributed by atoms with van der Waals surface area (Å²) in [5.74, 6) is 0.818. The lowest BCUT2D eigenvalue weighted by Crippen LogP contribution is -2.08. The van der Waals surface area contributed by atoms with Crippen LogP contribution in [0.15, 0.2) is 36.1 Å². The molecule has 0 atom stereocenters. The largest absolute Gasteiger partial charge is 0.338 e. The third-order valence-electron chi connectivity index (χ3n) is 2.86. The van der Waals surface area contributed by atoms with E-state index in [1.807, 2.05) is 35.3 Å². The minimum Gasteiger partial charge on any atom is -0.338 e. The summed E-state index contributed by atoms with van der Waals surface area (Å²) in [4.78, 5) is 20.6. The average molecular weight is 257 g/mol. The Hall–Kier alpha value is -2.01. The Balaban J connectivity index is 1.89. The Labute approximate surface area is 108 Å². The monoisotopic (exact) mass is 257 g/mol. The number of hydrogen-bond acceptors (Lipinski definition) is 4. The summed E-state index contributed by atoms with van der Waals surface area (Å²) < 4.78 is 2.90. The first-order valence-electron chi connectivity index (χ1n) is 5.57. The first-order chi connectivity index (χ1) is 8.74. The van der Waals surface area contributed by atoms with E-state index in [2.05, 4.69) is 9.97 Å². The van der Waals surface area contributed by atoms with Crippen molar-refractivity contribution in [2.45, 2.75) is 6.42 Å². The summed E-state index contributed by atoms with van der Waals surface area (Å²) in [5.41, 5.74) is 1.58. The topological polar surface area (TPSA) is 47.8 Å². The molecule has 0 N–H and O–H groups in total. The van der Waals surface area contributed by atoms with E-state index in [-0.39, 0.29) is 5.78 Å². The average Bonchev–Trinajstić information content (AvgIpc) is 2.98. The van der Waals surface area contributed by atoms with Gasteiger partial charge < -0.3 is 4.57 Å². The molecule has 0 aromatic carbocycles. The number of hydrogen-bond donors (Lipinski definition) is 0. The molecule has 0 saturated carbocycles. The van der Waals surface area contributed by atoms with Crippen LogP contribution in [0.1, 0.15) is 16.2 Å². The highest BCUT2D eigenvalue weighted by Crippen LogP contribution is 2.20. The number of carbonyl (C=O) groups excluding carboxylic acids is 1. The van der Waals surface area contributed by atoms with Crippen LogP contribution in [0.5, 0.6) is 0 Å². The molecule has 5 heteroatoms. The number of fused-ring (bicyclic) bond motifs is 1. The van der Waals surface area contributed by atoms with Gasteiger partial charge >= 0.3 is 0 Å². The minimum atomic E-state index is 0.0482. The molecule has 0 spiro atoms. The van der Waals surface area contributed by atoms with Gasteiger partial charge in [-0.25, -0.2) is 4.98 Å². The van der Waals surface area contributed by atoms with Crippen LogP contribution >= 0.6 is 11.3 Å². The van der Waals surface area contributed by atoms with E-state index < -0.39 is 0 Å². The number of carbonyl (C=O) groups is 1. The first kappa shape index (κ1) is 11.1. The lowest BCUT2D eigenvalue weighted by atomic mass is 10.1. The molecule has 0 bridgehead atoms. The minimum absolute atomic E-state index is 0.0482. The van der Waals surface area contributed by atoms with Crippen LogP contribution in [0.2, 0.25) is 0 Å². The van der Waals surface area contributed by atoms with Crippen LogP contribution in [0.25, 0.3) is 10.2 Å². The maximum Gasteiger partial charge on any atom is 0.171 e. The molecular formula is C13H11N3OS. The molecule has 0 fully saturated rings. The fourth-order valence-electron chi connectivity index (χ4n) is 1.81. The van der Waals surface area contributed by atoms with Crippen LogP contribution in [-0.4, -0.2) is 20.3 Å². The molecule has 3 rings (SSSR count). The lowest BCUT2D eigenvalue weighted by molar-refractivity contribution is 0.0990. The highest BCUT2D eigenvalue weighted by Gasteiger charge is 2.11. The second kappa shape index (κ2) is 4.34. The molecule has 3 aromatic rings. The molecule has 0 aliphatic carbocycles. The summed E-state index contributed by atoms with van der Waals surface area (Å²) >= 11 is 1.59. The maximum absolute atomic E-state index is 12.1. The van der Waals surface area contributed by atoms with Crippen molar-refractivity contribution in [2.24, 2.45) is 7.05 Å². The van der Waals surface area contributed by atoms with Gasteiger partial charge in [-0.15, -0.1) is 11.3 Å². The Morgan fingerprint density at radius 2 is 2.33 bits per heavy atom. The van der Waals surface area contributed by atoms with Crippen molar-refractivity contribution in [3.8, 4) is 0 Å². The Kier molecular flexibility index (Phi) is 2.68. The molecule has 0 amide bonds. The van der Waals surface area contributed by atoms with E-state index in [1.54, 1.807) is 23.7 Å². The van der Waals surface area contributed by atoms with Crippen molar-refractivity contribution < 1.29 is 4.79 Å². The van der Waals surface area contributed by atoms with Crippen LogP contribution in [0, 0.1) is 0 Å².